The van der Waals surface area contributed by atoms with Crippen LogP contribution in [0.25, 0.3) is 22.2 Å². The highest BCUT2D eigenvalue weighted by Gasteiger charge is 2.31. The Morgan fingerprint density at radius 1 is 0.977 bits per heavy atom. The monoisotopic (exact) mass is 598 g/mol. The zero-order chi connectivity index (χ0) is 29.3. The number of carboxylic acid groups (broad SMARTS) is 1. The van der Waals surface area contributed by atoms with Crippen molar-refractivity contribution >= 4 is 33.9 Å². The van der Waals surface area contributed by atoms with E-state index in [4.69, 9.17) is 4.74 Å². The maximum absolute atomic E-state index is 12.0. The van der Waals surface area contributed by atoms with E-state index in [9.17, 15) is 9.90 Å². The standard InChI is InChI=1S/C35H42N4O3S/c1-24-36-27(23-43-24)22-42-28-11-13-30-31(21-28)38(17-16-37-14-6-3-7-15-37)18-19-39-32-20-26(35(40)41)10-12-29(32)33(34(30)39)25-8-4-2-5-9-25/h10-13,20-21,23,25H,2-9,14-19,22H2,1H3,(H,40,41). The van der Waals surface area contributed by atoms with Gasteiger partial charge in [-0.25, -0.2) is 9.78 Å². The molecule has 7 nitrogen and oxygen atoms in total. The van der Waals surface area contributed by atoms with E-state index in [2.05, 4.69) is 49.0 Å². The Kier molecular flexibility index (Phi) is 8.15. The van der Waals surface area contributed by atoms with Crippen molar-refractivity contribution in [3.05, 3.63) is 63.6 Å². The molecule has 7 rings (SSSR count). The van der Waals surface area contributed by atoms with Gasteiger partial charge in [0.25, 0.3) is 0 Å². The number of piperidine rings is 1. The molecule has 43 heavy (non-hydrogen) atoms. The third kappa shape index (κ3) is 5.79. The summed E-state index contributed by atoms with van der Waals surface area (Å²) in [5.74, 6) is 0.481. The number of fused-ring (bicyclic) bond motifs is 5. The number of rotatable bonds is 8. The summed E-state index contributed by atoms with van der Waals surface area (Å²) in [7, 11) is 0. The lowest BCUT2D eigenvalue weighted by Gasteiger charge is -2.31. The highest BCUT2D eigenvalue weighted by Crippen LogP contribution is 2.48. The van der Waals surface area contributed by atoms with Crippen LogP contribution >= 0.6 is 11.3 Å². The fraction of sp³-hybridized carbons (Fsp3) is 0.486. The van der Waals surface area contributed by atoms with E-state index in [-0.39, 0.29) is 0 Å². The Balaban J connectivity index is 1.33. The van der Waals surface area contributed by atoms with Gasteiger partial charge in [0.15, 0.2) is 0 Å². The van der Waals surface area contributed by atoms with Crippen LogP contribution in [0, 0.1) is 6.92 Å². The van der Waals surface area contributed by atoms with Crippen molar-refractivity contribution in [1.29, 1.82) is 0 Å². The number of aryl methyl sites for hydroxylation is 1. The predicted octanol–water partition coefficient (Wildman–Crippen LogP) is 7.70. The SMILES string of the molecule is Cc1nc(COc2ccc3c(c2)N(CCN2CCCCC2)CCn2c-3c(C3CCCCC3)c3ccc(C(=O)O)cc32)cs1. The van der Waals surface area contributed by atoms with E-state index >= 15 is 0 Å². The quantitative estimate of drug-likeness (QED) is 0.224. The number of aromatic carboxylic acids is 1. The molecule has 0 unspecified atom stereocenters. The molecule has 0 spiro atoms. The van der Waals surface area contributed by atoms with Crippen LogP contribution in [0.1, 0.15) is 83.9 Å². The van der Waals surface area contributed by atoms with E-state index in [1.54, 1.807) is 17.4 Å². The van der Waals surface area contributed by atoms with Gasteiger partial charge >= 0.3 is 5.97 Å². The predicted molar refractivity (Wildman–Crippen MR) is 174 cm³/mol. The van der Waals surface area contributed by atoms with Crippen molar-refractivity contribution in [3.8, 4) is 17.0 Å². The number of hydrogen-bond donors (Lipinski definition) is 1. The van der Waals surface area contributed by atoms with Crippen LogP contribution < -0.4 is 9.64 Å². The minimum atomic E-state index is -0.869. The fourth-order valence-corrected chi connectivity index (χ4v) is 8.15. The van der Waals surface area contributed by atoms with E-state index in [1.807, 2.05) is 13.0 Å². The van der Waals surface area contributed by atoms with Crippen molar-refractivity contribution in [3.63, 3.8) is 0 Å². The summed E-state index contributed by atoms with van der Waals surface area (Å²) < 4.78 is 8.76. The first kappa shape index (κ1) is 28.4. The molecule has 1 saturated heterocycles. The molecule has 4 aromatic rings. The molecule has 8 heteroatoms. The summed E-state index contributed by atoms with van der Waals surface area (Å²) in [5, 5.41) is 14.2. The summed E-state index contributed by atoms with van der Waals surface area (Å²) in [6, 6.07) is 12.4. The largest absolute Gasteiger partial charge is 0.487 e. The van der Waals surface area contributed by atoms with Crippen LogP contribution in [0.2, 0.25) is 0 Å². The molecule has 0 atom stereocenters. The Morgan fingerprint density at radius 3 is 2.56 bits per heavy atom. The number of hydrogen-bond acceptors (Lipinski definition) is 6. The summed E-state index contributed by atoms with van der Waals surface area (Å²) in [4.78, 5) is 21.8. The van der Waals surface area contributed by atoms with Crippen LogP contribution in [0.5, 0.6) is 5.75 Å². The second-order valence-electron chi connectivity index (χ2n) is 12.5. The number of aromatic nitrogens is 2. The van der Waals surface area contributed by atoms with Gasteiger partial charge in [-0.2, -0.15) is 0 Å². The van der Waals surface area contributed by atoms with Crippen molar-refractivity contribution < 1.29 is 14.6 Å². The Labute approximate surface area is 258 Å². The third-order valence-electron chi connectivity index (χ3n) is 9.71. The number of anilines is 1. The van der Waals surface area contributed by atoms with Gasteiger partial charge in [-0.3, -0.25) is 0 Å². The molecule has 4 heterocycles. The lowest BCUT2D eigenvalue weighted by Crippen LogP contribution is -2.38. The molecular weight excluding hydrogens is 556 g/mol. The lowest BCUT2D eigenvalue weighted by atomic mass is 9.81. The molecule has 0 amide bonds. The molecule has 1 N–H and O–H groups in total. The lowest BCUT2D eigenvalue weighted by molar-refractivity contribution is 0.0697. The summed E-state index contributed by atoms with van der Waals surface area (Å²) in [5.41, 5.74) is 7.53. The highest BCUT2D eigenvalue weighted by molar-refractivity contribution is 7.09. The molecular formula is C35H42N4O3S. The molecule has 2 fully saturated rings. The van der Waals surface area contributed by atoms with Crippen LogP contribution in [0.15, 0.2) is 41.8 Å². The molecule has 1 saturated carbocycles. The molecule has 0 radical (unpaired) electrons. The maximum atomic E-state index is 12.0. The van der Waals surface area contributed by atoms with Gasteiger partial charge in [-0.05, 0) is 81.4 Å². The molecule has 2 aromatic carbocycles. The number of nitrogens with zero attached hydrogens (tertiary/aromatic N) is 4. The van der Waals surface area contributed by atoms with Crippen LogP contribution in [-0.4, -0.2) is 58.3 Å². The number of likely N-dealkylation sites (tertiary alicyclic amines) is 1. The zero-order valence-corrected chi connectivity index (χ0v) is 26.0. The van der Waals surface area contributed by atoms with Crippen LogP contribution in [0.3, 0.4) is 0 Å². The second kappa shape index (κ2) is 12.3. The number of carbonyl (C=O) groups is 1. The first-order valence-electron chi connectivity index (χ1n) is 16.1. The van der Waals surface area contributed by atoms with Crippen molar-refractivity contribution in [2.75, 3.05) is 37.6 Å². The van der Waals surface area contributed by atoms with E-state index in [0.717, 1.165) is 48.1 Å². The highest BCUT2D eigenvalue weighted by atomic mass is 32.1. The number of thiazole rings is 1. The first-order valence-corrected chi connectivity index (χ1v) is 17.0. The number of carboxylic acids is 1. The smallest absolute Gasteiger partial charge is 0.335 e. The number of benzene rings is 2. The molecule has 0 bridgehead atoms. The van der Waals surface area contributed by atoms with Crippen molar-refractivity contribution in [2.45, 2.75) is 77.4 Å². The molecule has 2 aliphatic heterocycles. The van der Waals surface area contributed by atoms with E-state index in [1.165, 1.54) is 92.4 Å². The molecule has 2 aromatic heterocycles. The fourth-order valence-electron chi connectivity index (χ4n) is 7.55. The molecule has 1 aliphatic carbocycles. The van der Waals surface area contributed by atoms with Gasteiger partial charge in [-0.15, -0.1) is 11.3 Å². The van der Waals surface area contributed by atoms with Crippen LogP contribution in [0.4, 0.5) is 5.69 Å². The summed E-state index contributed by atoms with van der Waals surface area (Å²) >= 11 is 1.65. The first-order chi connectivity index (χ1) is 21.0. The second-order valence-corrected chi connectivity index (χ2v) is 13.6. The Bertz CT molecular complexity index is 1610. The summed E-state index contributed by atoms with van der Waals surface area (Å²) in [6.07, 6.45) is 10.1. The average Bonchev–Trinajstić information content (AvgIpc) is 3.56. The minimum Gasteiger partial charge on any atom is -0.487 e. The van der Waals surface area contributed by atoms with Gasteiger partial charge in [0.05, 0.1) is 22.0 Å². The van der Waals surface area contributed by atoms with Crippen LogP contribution in [-0.2, 0) is 13.2 Å². The minimum absolute atomic E-state index is 0.357. The van der Waals surface area contributed by atoms with Crippen molar-refractivity contribution in [1.82, 2.24) is 14.5 Å². The summed E-state index contributed by atoms with van der Waals surface area (Å²) in [6.45, 7) is 8.57. The van der Waals surface area contributed by atoms with Gasteiger partial charge in [-0.1, -0.05) is 31.7 Å². The van der Waals surface area contributed by atoms with E-state index in [0.29, 0.717) is 18.1 Å². The Hall–Kier alpha value is -3.36. The van der Waals surface area contributed by atoms with Gasteiger partial charge in [0.1, 0.15) is 12.4 Å². The van der Waals surface area contributed by atoms with E-state index < -0.39 is 5.97 Å². The third-order valence-corrected chi connectivity index (χ3v) is 10.5. The molecule has 226 valence electrons. The topological polar surface area (TPSA) is 70.8 Å². The van der Waals surface area contributed by atoms with Crippen molar-refractivity contribution in [2.24, 2.45) is 0 Å². The average molecular weight is 599 g/mol. The zero-order valence-electron chi connectivity index (χ0n) is 25.2. The molecule has 3 aliphatic rings. The number of ether oxygens (including phenoxy) is 1. The maximum Gasteiger partial charge on any atom is 0.335 e. The van der Waals surface area contributed by atoms with Gasteiger partial charge in [0.2, 0.25) is 0 Å². The van der Waals surface area contributed by atoms with Gasteiger partial charge < -0.3 is 24.2 Å². The van der Waals surface area contributed by atoms with Gasteiger partial charge in [0, 0.05) is 59.8 Å². The normalized spacial score (nSPS) is 17.9. The Morgan fingerprint density at radius 2 is 1.79 bits per heavy atom.